The van der Waals surface area contributed by atoms with E-state index in [0.29, 0.717) is 13.0 Å². The highest BCUT2D eigenvalue weighted by atomic mass is 32.2. The van der Waals surface area contributed by atoms with Gasteiger partial charge in [-0.15, -0.1) is 0 Å². The van der Waals surface area contributed by atoms with E-state index in [9.17, 15) is 8.42 Å². The van der Waals surface area contributed by atoms with Crippen LogP contribution in [0.25, 0.3) is 0 Å². The van der Waals surface area contributed by atoms with Crippen molar-refractivity contribution in [1.29, 1.82) is 0 Å². The molecule has 1 aliphatic carbocycles. The van der Waals surface area contributed by atoms with Crippen LogP contribution in [0.15, 0.2) is 0 Å². The molecule has 76 valence electrons. The summed E-state index contributed by atoms with van der Waals surface area (Å²) in [6.07, 6.45) is 1.70. The van der Waals surface area contributed by atoms with Crippen LogP contribution in [-0.2, 0) is 14.6 Å². The lowest BCUT2D eigenvalue weighted by Crippen LogP contribution is -2.32. The smallest absolute Gasteiger partial charge is 0.151 e. The van der Waals surface area contributed by atoms with Crippen molar-refractivity contribution in [3.8, 4) is 0 Å². The molecule has 1 fully saturated rings. The summed E-state index contributed by atoms with van der Waals surface area (Å²) in [5.41, 5.74) is 4.89. The van der Waals surface area contributed by atoms with Gasteiger partial charge in [0.25, 0.3) is 0 Å². The molecule has 6 heteroatoms. The predicted molar refractivity (Wildman–Crippen MR) is 54.3 cm³/mol. The lowest BCUT2D eigenvalue weighted by molar-refractivity contribution is 0.169. The van der Waals surface area contributed by atoms with Gasteiger partial charge in [0.2, 0.25) is 0 Å². The van der Waals surface area contributed by atoms with Crippen LogP contribution in [0.1, 0.15) is 6.42 Å². The van der Waals surface area contributed by atoms with Gasteiger partial charge in [0.05, 0.1) is 22.3 Å². The van der Waals surface area contributed by atoms with Crippen LogP contribution >= 0.6 is 12.2 Å². The molecule has 0 bridgehead atoms. The molecule has 0 aromatic rings. The van der Waals surface area contributed by atoms with Gasteiger partial charge in [-0.1, -0.05) is 12.2 Å². The third-order valence-electron chi connectivity index (χ3n) is 2.42. The van der Waals surface area contributed by atoms with E-state index in [1.807, 2.05) is 0 Å². The van der Waals surface area contributed by atoms with Gasteiger partial charge in [-0.3, -0.25) is 0 Å². The van der Waals surface area contributed by atoms with Crippen molar-refractivity contribution in [2.24, 2.45) is 11.1 Å². The van der Waals surface area contributed by atoms with Crippen LogP contribution in [0.4, 0.5) is 0 Å². The fraction of sp³-hybridized carbons (Fsp3) is 0.857. The third kappa shape index (κ3) is 1.84. The molecular formula is C7H13NO3S2. The zero-order chi connectivity index (χ0) is 10.3. The zero-order valence-corrected chi connectivity index (χ0v) is 9.24. The van der Waals surface area contributed by atoms with Gasteiger partial charge in [-0.25, -0.2) is 8.42 Å². The highest BCUT2D eigenvalue weighted by molar-refractivity contribution is 7.91. The number of methoxy groups -OCH3 is 1. The molecule has 1 saturated carbocycles. The molecule has 2 atom stereocenters. The molecule has 13 heavy (non-hydrogen) atoms. The largest absolute Gasteiger partial charge is 0.393 e. The highest BCUT2D eigenvalue weighted by Gasteiger charge is 2.62. The normalized spacial score (nSPS) is 32.9. The van der Waals surface area contributed by atoms with Crippen molar-refractivity contribution in [2.45, 2.75) is 11.7 Å². The van der Waals surface area contributed by atoms with Gasteiger partial charge >= 0.3 is 0 Å². The Hall–Kier alpha value is -0.200. The number of sulfone groups is 1. The van der Waals surface area contributed by atoms with E-state index in [2.05, 4.69) is 0 Å². The first-order chi connectivity index (χ1) is 5.84. The highest BCUT2D eigenvalue weighted by Crippen LogP contribution is 2.50. The molecule has 1 aliphatic rings. The van der Waals surface area contributed by atoms with Crippen molar-refractivity contribution in [1.82, 2.24) is 0 Å². The Labute approximate surface area is 83.4 Å². The Balaban J connectivity index is 2.85. The van der Waals surface area contributed by atoms with Crippen molar-refractivity contribution in [3.05, 3.63) is 0 Å². The number of rotatable bonds is 4. The van der Waals surface area contributed by atoms with E-state index in [4.69, 9.17) is 22.7 Å². The summed E-state index contributed by atoms with van der Waals surface area (Å²) in [6, 6.07) is 0. The summed E-state index contributed by atoms with van der Waals surface area (Å²) < 4.78 is 27.4. The summed E-state index contributed by atoms with van der Waals surface area (Å²) in [5, 5.41) is -0.447. The Morgan fingerprint density at radius 3 is 2.54 bits per heavy atom. The number of hydrogen-bond acceptors (Lipinski definition) is 4. The molecule has 4 nitrogen and oxygen atoms in total. The third-order valence-corrected chi connectivity index (χ3v) is 4.47. The van der Waals surface area contributed by atoms with E-state index in [0.717, 1.165) is 0 Å². The average Bonchev–Trinajstić information content (AvgIpc) is 2.63. The Kier molecular flexibility index (Phi) is 2.66. The number of thiocarbonyl (C=S) groups is 1. The molecule has 0 aromatic heterocycles. The molecule has 1 rings (SSSR count). The fourth-order valence-corrected chi connectivity index (χ4v) is 3.55. The van der Waals surface area contributed by atoms with Crippen molar-refractivity contribution in [2.75, 3.05) is 20.0 Å². The Morgan fingerprint density at radius 1 is 1.77 bits per heavy atom. The molecular weight excluding hydrogens is 210 g/mol. The maximum Gasteiger partial charge on any atom is 0.151 e. The number of hydrogen-bond donors (Lipinski definition) is 1. The molecule has 0 aliphatic heterocycles. The molecule has 0 radical (unpaired) electrons. The van der Waals surface area contributed by atoms with Gasteiger partial charge in [0, 0.05) is 13.4 Å². The quantitative estimate of drug-likeness (QED) is 0.664. The summed E-state index contributed by atoms with van der Waals surface area (Å²) >= 11 is 4.84. The van der Waals surface area contributed by atoms with E-state index in [1.165, 1.54) is 13.4 Å². The zero-order valence-electron chi connectivity index (χ0n) is 7.61. The Bertz CT molecular complexity index is 325. The van der Waals surface area contributed by atoms with Crippen molar-refractivity contribution < 1.29 is 13.2 Å². The molecule has 0 aromatic carbocycles. The first-order valence-corrected chi connectivity index (χ1v) is 6.18. The van der Waals surface area contributed by atoms with Crippen LogP contribution < -0.4 is 5.73 Å². The lowest BCUT2D eigenvalue weighted by atomic mass is 10.1. The molecule has 0 amide bonds. The molecule has 0 spiro atoms. The van der Waals surface area contributed by atoms with Gasteiger partial charge in [0.1, 0.15) is 0 Å². The average molecular weight is 223 g/mol. The molecule has 0 heterocycles. The Morgan fingerprint density at radius 2 is 2.31 bits per heavy atom. The first-order valence-electron chi connectivity index (χ1n) is 3.82. The molecule has 0 unspecified atom stereocenters. The summed E-state index contributed by atoms with van der Waals surface area (Å²) in [6.45, 7) is 0.292. The minimum absolute atomic E-state index is 0.241. The second-order valence-electron chi connectivity index (χ2n) is 3.48. The number of ether oxygens (including phenoxy) is 1. The second kappa shape index (κ2) is 3.18. The van der Waals surface area contributed by atoms with Crippen molar-refractivity contribution in [3.63, 3.8) is 0 Å². The van der Waals surface area contributed by atoms with Crippen LogP contribution in [0.5, 0.6) is 0 Å². The summed E-state index contributed by atoms with van der Waals surface area (Å²) in [4.78, 5) is 0.241. The van der Waals surface area contributed by atoms with Crippen LogP contribution in [-0.4, -0.2) is 38.6 Å². The van der Waals surface area contributed by atoms with Crippen molar-refractivity contribution >= 4 is 27.0 Å². The van der Waals surface area contributed by atoms with E-state index < -0.39 is 20.5 Å². The standard InChI is InChI=1S/C7H13NO3S2/c1-11-4-7(6(8)12)3-5(7)13(2,9)10/h5H,3-4H2,1-2H3,(H2,8,12)/t5-,7+/m1/s1. The SMILES string of the molecule is COC[C@@]1(C(N)=S)C[C@H]1S(C)(=O)=O. The van der Waals surface area contributed by atoms with Crippen LogP contribution in [0.2, 0.25) is 0 Å². The predicted octanol–water partition coefficient (Wildman–Crippen LogP) is -0.278. The topological polar surface area (TPSA) is 69.4 Å². The minimum atomic E-state index is -3.05. The minimum Gasteiger partial charge on any atom is -0.393 e. The van der Waals surface area contributed by atoms with E-state index in [1.54, 1.807) is 0 Å². The fourth-order valence-electron chi connectivity index (χ4n) is 1.57. The van der Waals surface area contributed by atoms with E-state index in [-0.39, 0.29) is 4.99 Å². The monoisotopic (exact) mass is 223 g/mol. The van der Waals surface area contributed by atoms with Gasteiger partial charge in [-0.05, 0) is 6.42 Å². The van der Waals surface area contributed by atoms with Gasteiger partial charge < -0.3 is 10.5 Å². The van der Waals surface area contributed by atoms with Gasteiger partial charge in [0.15, 0.2) is 9.84 Å². The van der Waals surface area contributed by atoms with E-state index >= 15 is 0 Å². The lowest BCUT2D eigenvalue weighted by Gasteiger charge is -2.13. The summed E-state index contributed by atoms with van der Waals surface area (Å²) in [5.74, 6) is 0. The first kappa shape index (κ1) is 10.9. The molecule has 2 N–H and O–H groups in total. The van der Waals surface area contributed by atoms with Crippen LogP contribution in [0, 0.1) is 5.41 Å². The summed E-state index contributed by atoms with van der Waals surface area (Å²) in [7, 11) is -1.54. The molecule has 0 saturated heterocycles. The number of nitrogens with two attached hydrogens (primary N) is 1. The van der Waals surface area contributed by atoms with Gasteiger partial charge in [-0.2, -0.15) is 0 Å². The van der Waals surface area contributed by atoms with Crippen LogP contribution in [0.3, 0.4) is 0 Å². The second-order valence-corrected chi connectivity index (χ2v) is 6.14. The maximum absolute atomic E-state index is 11.2. The maximum atomic E-state index is 11.2.